The van der Waals surface area contributed by atoms with Crippen molar-refractivity contribution in [2.75, 3.05) is 65.2 Å². The first-order chi connectivity index (χ1) is 26.8. The Morgan fingerprint density at radius 2 is 1.45 bits per heavy atom. The SMILES string of the molecule is C=C1C[C@@H](C2OCCN2C(=O)OCC2c3ccccc3-c3ccccc32)N(C(=O)c2cc(OC)c(OCCCCCOc3cc(N)ccc3OC)cc2N)C1. The predicted molar refractivity (Wildman–Crippen MR) is 210 cm³/mol. The van der Waals surface area contributed by atoms with Crippen LogP contribution in [0.3, 0.4) is 0 Å². The Hall–Kier alpha value is -5.88. The molecule has 0 saturated carbocycles. The number of hydrogen-bond acceptors (Lipinski definition) is 10. The lowest BCUT2D eigenvalue weighted by Gasteiger charge is -2.33. The van der Waals surface area contributed by atoms with Gasteiger partial charge in [-0.1, -0.05) is 60.7 Å². The van der Waals surface area contributed by atoms with E-state index in [1.165, 1.54) is 7.11 Å². The maximum atomic E-state index is 14.2. The molecule has 2 atom stereocenters. The summed E-state index contributed by atoms with van der Waals surface area (Å²) in [6.07, 6.45) is 1.71. The highest BCUT2D eigenvalue weighted by molar-refractivity contribution is 6.00. The molecule has 2 fully saturated rings. The van der Waals surface area contributed by atoms with Gasteiger partial charge in [0.05, 0.1) is 52.2 Å². The molecule has 3 aliphatic rings. The number of rotatable bonds is 14. The van der Waals surface area contributed by atoms with E-state index in [0.717, 1.165) is 47.1 Å². The van der Waals surface area contributed by atoms with E-state index in [9.17, 15) is 9.59 Å². The van der Waals surface area contributed by atoms with E-state index in [4.69, 9.17) is 39.9 Å². The monoisotopic (exact) mass is 748 g/mol. The summed E-state index contributed by atoms with van der Waals surface area (Å²) in [6, 6.07) is 24.5. The Labute approximate surface area is 321 Å². The second-order valence-corrected chi connectivity index (χ2v) is 14.0. The average molecular weight is 749 g/mol. The van der Waals surface area contributed by atoms with E-state index < -0.39 is 18.4 Å². The van der Waals surface area contributed by atoms with E-state index in [-0.39, 0.29) is 29.7 Å². The Morgan fingerprint density at radius 1 is 0.800 bits per heavy atom. The zero-order chi connectivity index (χ0) is 38.5. The van der Waals surface area contributed by atoms with Gasteiger partial charge in [-0.05, 0) is 66.1 Å². The fourth-order valence-corrected chi connectivity index (χ4v) is 7.72. The minimum Gasteiger partial charge on any atom is -0.493 e. The molecule has 288 valence electrons. The van der Waals surface area contributed by atoms with Crippen molar-refractivity contribution < 1.29 is 38.0 Å². The zero-order valence-corrected chi connectivity index (χ0v) is 31.3. The molecule has 12 nitrogen and oxygen atoms in total. The second kappa shape index (κ2) is 16.6. The number of carbonyl (C=O) groups is 2. The number of likely N-dealkylation sites (tertiary alicyclic amines) is 1. The molecule has 1 aliphatic carbocycles. The van der Waals surface area contributed by atoms with Gasteiger partial charge in [-0.3, -0.25) is 9.69 Å². The van der Waals surface area contributed by atoms with Crippen LogP contribution >= 0.6 is 0 Å². The van der Waals surface area contributed by atoms with E-state index in [2.05, 4.69) is 30.8 Å². The van der Waals surface area contributed by atoms with E-state index in [0.29, 0.717) is 68.0 Å². The molecule has 0 radical (unpaired) electrons. The first kappa shape index (κ1) is 37.4. The third-order valence-corrected chi connectivity index (χ3v) is 10.4. The van der Waals surface area contributed by atoms with E-state index in [1.54, 1.807) is 47.2 Å². The predicted octanol–water partition coefficient (Wildman–Crippen LogP) is 6.87. The summed E-state index contributed by atoms with van der Waals surface area (Å²) in [7, 11) is 3.11. The van der Waals surface area contributed by atoms with Crippen LogP contribution in [0.2, 0.25) is 0 Å². The molecular weight excluding hydrogens is 700 g/mol. The van der Waals surface area contributed by atoms with Crippen LogP contribution < -0.4 is 30.4 Å². The molecule has 2 amide bonds. The highest BCUT2D eigenvalue weighted by Crippen LogP contribution is 2.45. The van der Waals surface area contributed by atoms with E-state index in [1.807, 2.05) is 24.3 Å². The van der Waals surface area contributed by atoms with Crippen molar-refractivity contribution in [3.05, 3.63) is 108 Å². The van der Waals surface area contributed by atoms with Gasteiger partial charge in [0, 0.05) is 36.0 Å². The molecule has 2 heterocycles. The summed E-state index contributed by atoms with van der Waals surface area (Å²) in [4.78, 5) is 31.1. The molecule has 4 aromatic rings. The van der Waals surface area contributed by atoms with Gasteiger partial charge in [0.25, 0.3) is 5.91 Å². The number of nitrogens with zero attached hydrogens (tertiary/aromatic N) is 2. The van der Waals surface area contributed by atoms with Crippen LogP contribution in [-0.4, -0.2) is 87.8 Å². The lowest BCUT2D eigenvalue weighted by atomic mass is 9.98. The van der Waals surface area contributed by atoms with Gasteiger partial charge in [-0.2, -0.15) is 0 Å². The molecule has 4 aromatic carbocycles. The third kappa shape index (κ3) is 7.86. The number of nitrogens with two attached hydrogens (primary N) is 2. The molecule has 4 N–H and O–H groups in total. The lowest BCUT2D eigenvalue weighted by Crippen LogP contribution is -2.51. The van der Waals surface area contributed by atoms with Crippen molar-refractivity contribution in [2.24, 2.45) is 0 Å². The van der Waals surface area contributed by atoms with Gasteiger partial charge < -0.3 is 44.8 Å². The van der Waals surface area contributed by atoms with Crippen molar-refractivity contribution >= 4 is 23.4 Å². The van der Waals surface area contributed by atoms with Gasteiger partial charge in [-0.15, -0.1) is 0 Å². The fourth-order valence-electron chi connectivity index (χ4n) is 7.72. The number of amides is 2. The minimum atomic E-state index is -0.706. The summed E-state index contributed by atoms with van der Waals surface area (Å²) in [6.45, 7) is 6.27. The normalized spacial score (nSPS) is 17.5. The van der Waals surface area contributed by atoms with Crippen LogP contribution in [0.15, 0.2) is 91.0 Å². The largest absolute Gasteiger partial charge is 0.493 e. The highest BCUT2D eigenvalue weighted by Gasteiger charge is 2.45. The molecule has 2 aliphatic heterocycles. The molecular formula is C43H48N4O8. The molecule has 0 spiro atoms. The number of hydrogen-bond donors (Lipinski definition) is 2. The Kier molecular flexibility index (Phi) is 11.3. The quantitative estimate of drug-likeness (QED) is 0.0795. The van der Waals surface area contributed by atoms with Crippen LogP contribution in [0, 0.1) is 0 Å². The summed E-state index contributed by atoms with van der Waals surface area (Å²) in [5.41, 5.74) is 18.9. The van der Waals surface area contributed by atoms with Gasteiger partial charge in [-0.25, -0.2) is 4.79 Å². The van der Waals surface area contributed by atoms with E-state index >= 15 is 0 Å². The molecule has 1 unspecified atom stereocenters. The maximum Gasteiger partial charge on any atom is 0.412 e. The molecule has 12 heteroatoms. The Bertz CT molecular complexity index is 2010. The van der Waals surface area contributed by atoms with Gasteiger partial charge >= 0.3 is 6.09 Å². The van der Waals surface area contributed by atoms with Crippen molar-refractivity contribution in [1.29, 1.82) is 0 Å². The first-order valence-electron chi connectivity index (χ1n) is 18.6. The third-order valence-electron chi connectivity index (χ3n) is 10.4. The number of nitrogen functional groups attached to an aromatic ring is 2. The standard InChI is InChI=1S/C43H48N4O8/c1-27-21-36(42-46(17-20-54-42)43(49)55-26-34-31-13-7-5-11-29(31)30-12-6-8-14-32(30)34)47(25-27)41(48)33-23-38(51-3)40(24-35(33)45)53-19-10-4-9-18-52-39-22-28(44)15-16-37(39)50-2/h5-8,11-16,22-24,34,36,42H,1,4,9-10,17-21,25-26,44-45H2,2-3H3/t36-,42?/m0/s1. The number of methoxy groups -OCH3 is 2. The van der Waals surface area contributed by atoms with Crippen molar-refractivity contribution in [2.45, 2.75) is 43.9 Å². The smallest absolute Gasteiger partial charge is 0.412 e. The first-order valence-corrected chi connectivity index (χ1v) is 18.6. The molecule has 7 rings (SSSR count). The van der Waals surface area contributed by atoms with Crippen LogP contribution in [0.1, 0.15) is 53.1 Å². The molecule has 0 aromatic heterocycles. The van der Waals surface area contributed by atoms with Gasteiger partial charge in [0.2, 0.25) is 0 Å². The fraction of sp³-hybridized carbons (Fsp3) is 0.349. The van der Waals surface area contributed by atoms with Crippen LogP contribution in [0.4, 0.5) is 16.2 Å². The lowest BCUT2D eigenvalue weighted by molar-refractivity contribution is -0.0211. The van der Waals surface area contributed by atoms with Gasteiger partial charge in [0.1, 0.15) is 6.61 Å². The summed E-state index contributed by atoms with van der Waals surface area (Å²) in [5.74, 6) is 1.70. The molecule has 0 bridgehead atoms. The van der Waals surface area contributed by atoms with Crippen LogP contribution in [-0.2, 0) is 9.47 Å². The summed E-state index contributed by atoms with van der Waals surface area (Å²) < 4.78 is 35.0. The summed E-state index contributed by atoms with van der Waals surface area (Å²) >= 11 is 0. The number of unbranched alkanes of at least 4 members (excludes halogenated alkanes) is 2. The second-order valence-electron chi connectivity index (χ2n) is 14.0. The van der Waals surface area contributed by atoms with Crippen LogP contribution in [0.5, 0.6) is 23.0 Å². The highest BCUT2D eigenvalue weighted by atomic mass is 16.6. The topological polar surface area (TPSA) is 148 Å². The number of anilines is 2. The minimum absolute atomic E-state index is 0.0714. The van der Waals surface area contributed by atoms with Crippen molar-refractivity contribution in [3.8, 4) is 34.1 Å². The Morgan fingerprint density at radius 3 is 2.13 bits per heavy atom. The van der Waals surface area contributed by atoms with Gasteiger partial charge in [0.15, 0.2) is 29.2 Å². The zero-order valence-electron chi connectivity index (χ0n) is 31.3. The van der Waals surface area contributed by atoms with Crippen molar-refractivity contribution in [1.82, 2.24) is 9.80 Å². The average Bonchev–Trinajstić information content (AvgIpc) is 3.92. The maximum absolute atomic E-state index is 14.2. The number of fused-ring (bicyclic) bond motifs is 3. The number of benzene rings is 4. The Balaban J connectivity index is 0.955. The number of carbonyl (C=O) groups excluding carboxylic acids is 2. The number of ether oxygens (including phenoxy) is 6. The summed E-state index contributed by atoms with van der Waals surface area (Å²) in [5, 5.41) is 0. The molecule has 55 heavy (non-hydrogen) atoms. The van der Waals surface area contributed by atoms with Crippen molar-refractivity contribution in [3.63, 3.8) is 0 Å². The van der Waals surface area contributed by atoms with Crippen LogP contribution in [0.25, 0.3) is 11.1 Å². The molecule has 2 saturated heterocycles.